The van der Waals surface area contributed by atoms with Crippen molar-refractivity contribution in [2.75, 3.05) is 0 Å². The number of benzene rings is 1. The van der Waals surface area contributed by atoms with Gasteiger partial charge in [-0.05, 0) is 29.7 Å². The molecule has 0 aliphatic carbocycles. The summed E-state index contributed by atoms with van der Waals surface area (Å²) in [4.78, 5) is 0. The van der Waals surface area contributed by atoms with Gasteiger partial charge in [-0.15, -0.1) is 0 Å². The lowest BCUT2D eigenvalue weighted by atomic mass is 9.76. The van der Waals surface area contributed by atoms with E-state index in [1.165, 1.54) is 96.3 Å². The molecule has 1 aromatic carbocycles. The Morgan fingerprint density at radius 1 is 0.559 bits per heavy atom. The summed E-state index contributed by atoms with van der Waals surface area (Å²) in [6.07, 6.45) is 22.6. The van der Waals surface area contributed by atoms with Crippen LogP contribution in [-0.2, 0) is 17.3 Å². The summed E-state index contributed by atoms with van der Waals surface area (Å²) in [6, 6.07) is 1.80. The van der Waals surface area contributed by atoms with Gasteiger partial charge < -0.3 is 10.2 Å². The fourth-order valence-corrected chi connectivity index (χ4v) is 5.18. The molecule has 0 heterocycles. The molecular formula is C32H58O2. The van der Waals surface area contributed by atoms with Crippen LogP contribution in [0.1, 0.15) is 168 Å². The van der Waals surface area contributed by atoms with Crippen LogP contribution < -0.4 is 0 Å². The van der Waals surface area contributed by atoms with Gasteiger partial charge in [0, 0.05) is 16.7 Å². The topological polar surface area (TPSA) is 40.5 Å². The van der Waals surface area contributed by atoms with Crippen LogP contribution in [0.25, 0.3) is 0 Å². The van der Waals surface area contributed by atoms with Crippen LogP contribution in [0.2, 0.25) is 0 Å². The Labute approximate surface area is 213 Å². The summed E-state index contributed by atoms with van der Waals surface area (Å²) < 4.78 is 0. The zero-order valence-electron chi connectivity index (χ0n) is 24.0. The number of hydrogen-bond acceptors (Lipinski definition) is 2. The van der Waals surface area contributed by atoms with E-state index >= 15 is 0 Å². The quantitative estimate of drug-likeness (QED) is 0.174. The van der Waals surface area contributed by atoms with Crippen LogP contribution >= 0.6 is 0 Å². The van der Waals surface area contributed by atoms with Crippen molar-refractivity contribution in [2.24, 2.45) is 0 Å². The highest BCUT2D eigenvalue weighted by Crippen LogP contribution is 2.45. The van der Waals surface area contributed by atoms with Gasteiger partial charge in [0.05, 0.1) is 0 Å². The van der Waals surface area contributed by atoms with Crippen molar-refractivity contribution in [1.82, 2.24) is 0 Å². The van der Waals surface area contributed by atoms with Gasteiger partial charge in [0.1, 0.15) is 11.5 Å². The molecule has 0 radical (unpaired) electrons. The van der Waals surface area contributed by atoms with E-state index in [2.05, 4.69) is 48.5 Å². The van der Waals surface area contributed by atoms with Crippen LogP contribution in [0.5, 0.6) is 11.5 Å². The minimum atomic E-state index is -0.201. The predicted octanol–water partition coefficient (Wildman–Crippen LogP) is 10.5. The molecule has 0 aliphatic heterocycles. The third-order valence-corrected chi connectivity index (χ3v) is 7.22. The predicted molar refractivity (Wildman–Crippen MR) is 150 cm³/mol. The van der Waals surface area contributed by atoms with E-state index in [0.29, 0.717) is 11.5 Å². The molecular weight excluding hydrogens is 416 g/mol. The minimum Gasteiger partial charge on any atom is -0.508 e. The number of hydrogen-bond donors (Lipinski definition) is 2. The first-order valence-corrected chi connectivity index (χ1v) is 14.6. The highest BCUT2D eigenvalue weighted by molar-refractivity contribution is 5.57. The summed E-state index contributed by atoms with van der Waals surface area (Å²) in [5, 5.41) is 21.9. The average molecular weight is 475 g/mol. The molecule has 1 aromatic rings. The van der Waals surface area contributed by atoms with Crippen LogP contribution in [-0.4, -0.2) is 10.2 Å². The summed E-state index contributed by atoms with van der Waals surface area (Å²) in [6.45, 7) is 14.9. The number of aromatic hydroxyl groups is 2. The van der Waals surface area contributed by atoms with E-state index in [4.69, 9.17) is 0 Å². The third-order valence-electron chi connectivity index (χ3n) is 7.22. The second kappa shape index (κ2) is 15.7. The number of phenols is 2. The van der Waals surface area contributed by atoms with Crippen molar-refractivity contribution in [3.63, 3.8) is 0 Å². The first-order chi connectivity index (χ1) is 16.0. The first-order valence-electron chi connectivity index (χ1n) is 14.6. The standard InChI is InChI=1S/C32H58O2/c1-8-9-10-11-12-13-14-15-16-17-18-19-20-21-22-23-24-26-28(33)25-27(31(2,3)4)30(34)29(26)32(5,6)7/h25,33-34H,8-24H2,1-7H3. The molecule has 2 N–H and O–H groups in total. The van der Waals surface area contributed by atoms with Crippen molar-refractivity contribution in [3.05, 3.63) is 22.8 Å². The summed E-state index contributed by atoms with van der Waals surface area (Å²) in [5.41, 5.74) is 2.31. The van der Waals surface area contributed by atoms with E-state index in [0.717, 1.165) is 29.5 Å². The van der Waals surface area contributed by atoms with Crippen molar-refractivity contribution in [1.29, 1.82) is 0 Å². The molecule has 34 heavy (non-hydrogen) atoms. The SMILES string of the molecule is CCCCCCCCCCCCCCCCCCc1c(O)cc(C(C)(C)C)c(O)c1C(C)(C)C. The van der Waals surface area contributed by atoms with Crippen molar-refractivity contribution < 1.29 is 10.2 Å². The van der Waals surface area contributed by atoms with Gasteiger partial charge in [0.15, 0.2) is 0 Å². The largest absolute Gasteiger partial charge is 0.508 e. The van der Waals surface area contributed by atoms with Crippen LogP contribution in [0.4, 0.5) is 0 Å². The molecule has 0 fully saturated rings. The Balaban J connectivity index is 2.28. The molecule has 0 atom stereocenters. The van der Waals surface area contributed by atoms with Gasteiger partial charge >= 0.3 is 0 Å². The summed E-state index contributed by atoms with van der Waals surface area (Å²) >= 11 is 0. The fraction of sp³-hybridized carbons (Fsp3) is 0.812. The van der Waals surface area contributed by atoms with Crippen LogP contribution in [0.15, 0.2) is 6.07 Å². The Hall–Kier alpha value is -1.18. The van der Waals surface area contributed by atoms with Gasteiger partial charge in [0.2, 0.25) is 0 Å². The van der Waals surface area contributed by atoms with E-state index in [-0.39, 0.29) is 10.8 Å². The molecule has 0 amide bonds. The molecule has 0 saturated heterocycles. The monoisotopic (exact) mass is 474 g/mol. The zero-order chi connectivity index (χ0) is 25.6. The van der Waals surface area contributed by atoms with Crippen LogP contribution in [0, 0.1) is 0 Å². The second-order valence-corrected chi connectivity index (χ2v) is 12.7. The van der Waals surface area contributed by atoms with E-state index < -0.39 is 0 Å². The van der Waals surface area contributed by atoms with Crippen molar-refractivity contribution >= 4 is 0 Å². The fourth-order valence-electron chi connectivity index (χ4n) is 5.18. The smallest absolute Gasteiger partial charge is 0.123 e. The van der Waals surface area contributed by atoms with Gasteiger partial charge in [-0.25, -0.2) is 0 Å². The molecule has 198 valence electrons. The van der Waals surface area contributed by atoms with E-state index in [1.807, 2.05) is 0 Å². The van der Waals surface area contributed by atoms with Crippen molar-refractivity contribution in [3.8, 4) is 11.5 Å². The number of phenolic OH excluding ortho intramolecular Hbond substituents is 2. The molecule has 0 bridgehead atoms. The van der Waals surface area contributed by atoms with Gasteiger partial charge in [-0.3, -0.25) is 0 Å². The molecule has 1 rings (SSSR count). The Kier molecular flexibility index (Phi) is 14.3. The molecule has 2 heteroatoms. The van der Waals surface area contributed by atoms with Crippen LogP contribution in [0.3, 0.4) is 0 Å². The highest BCUT2D eigenvalue weighted by atomic mass is 16.3. The van der Waals surface area contributed by atoms with Crippen molar-refractivity contribution in [2.45, 2.75) is 168 Å². The number of rotatable bonds is 17. The molecule has 0 aliphatic rings. The lowest BCUT2D eigenvalue weighted by Gasteiger charge is -2.30. The molecule has 0 unspecified atom stereocenters. The summed E-state index contributed by atoms with van der Waals surface area (Å²) in [5.74, 6) is 0.734. The molecule has 2 nitrogen and oxygen atoms in total. The maximum atomic E-state index is 11.1. The van der Waals surface area contributed by atoms with Gasteiger partial charge in [-0.1, -0.05) is 145 Å². The van der Waals surface area contributed by atoms with Gasteiger partial charge in [-0.2, -0.15) is 0 Å². The maximum Gasteiger partial charge on any atom is 0.123 e. The summed E-state index contributed by atoms with van der Waals surface area (Å²) in [7, 11) is 0. The van der Waals surface area contributed by atoms with Gasteiger partial charge in [0.25, 0.3) is 0 Å². The third kappa shape index (κ3) is 11.5. The first kappa shape index (κ1) is 30.9. The number of unbranched alkanes of at least 4 members (excludes halogenated alkanes) is 15. The lowest BCUT2D eigenvalue weighted by Crippen LogP contribution is -2.19. The van der Waals surface area contributed by atoms with E-state index in [1.54, 1.807) is 6.07 Å². The Morgan fingerprint density at radius 2 is 0.941 bits per heavy atom. The lowest BCUT2D eigenvalue weighted by molar-refractivity contribution is 0.406. The zero-order valence-corrected chi connectivity index (χ0v) is 24.0. The highest BCUT2D eigenvalue weighted by Gasteiger charge is 2.30. The molecule has 0 saturated carbocycles. The maximum absolute atomic E-state index is 11.1. The Bertz CT molecular complexity index is 676. The second-order valence-electron chi connectivity index (χ2n) is 12.7. The minimum absolute atomic E-state index is 0.200. The molecule has 0 aromatic heterocycles. The van der Waals surface area contributed by atoms with E-state index in [9.17, 15) is 10.2 Å². The Morgan fingerprint density at radius 3 is 1.29 bits per heavy atom. The average Bonchev–Trinajstić information content (AvgIpc) is 2.73. The molecule has 0 spiro atoms. The normalized spacial score (nSPS) is 12.4.